The van der Waals surface area contributed by atoms with Crippen molar-refractivity contribution in [1.82, 2.24) is 5.32 Å². The number of hydrogen-bond acceptors (Lipinski definition) is 2. The lowest BCUT2D eigenvalue weighted by Gasteiger charge is -2.12. The minimum atomic E-state index is 0.0501. The van der Waals surface area contributed by atoms with E-state index in [2.05, 4.69) is 17.6 Å². The Labute approximate surface area is 122 Å². The molecule has 0 aromatic heterocycles. The van der Waals surface area contributed by atoms with Gasteiger partial charge in [-0.1, -0.05) is 25.7 Å². The maximum atomic E-state index is 12.1. The number of rotatable bonds is 6. The quantitative estimate of drug-likeness (QED) is 0.829. The SMILES string of the molecule is CCNc1ccc(C(=O)NCCC2CCCC2)cc1C. The van der Waals surface area contributed by atoms with Crippen LogP contribution in [-0.2, 0) is 0 Å². The number of amides is 1. The van der Waals surface area contributed by atoms with Gasteiger partial charge in [-0.25, -0.2) is 0 Å². The summed E-state index contributed by atoms with van der Waals surface area (Å²) in [7, 11) is 0. The molecular weight excluding hydrogens is 248 g/mol. The van der Waals surface area contributed by atoms with E-state index in [-0.39, 0.29) is 5.91 Å². The van der Waals surface area contributed by atoms with Gasteiger partial charge in [0.05, 0.1) is 0 Å². The summed E-state index contributed by atoms with van der Waals surface area (Å²) in [5, 5.41) is 6.34. The first-order valence-corrected chi connectivity index (χ1v) is 7.83. The molecular formula is C17H26N2O. The zero-order valence-corrected chi connectivity index (χ0v) is 12.7. The van der Waals surface area contributed by atoms with Crippen LogP contribution in [0.3, 0.4) is 0 Å². The lowest BCUT2D eigenvalue weighted by atomic mass is 10.0. The number of carbonyl (C=O) groups is 1. The van der Waals surface area contributed by atoms with E-state index in [4.69, 9.17) is 0 Å². The van der Waals surface area contributed by atoms with E-state index in [1.807, 2.05) is 25.1 Å². The van der Waals surface area contributed by atoms with Crippen molar-refractivity contribution >= 4 is 11.6 Å². The van der Waals surface area contributed by atoms with Gasteiger partial charge in [0.2, 0.25) is 0 Å². The summed E-state index contributed by atoms with van der Waals surface area (Å²) in [5.41, 5.74) is 2.99. The van der Waals surface area contributed by atoms with Crippen LogP contribution in [0.2, 0.25) is 0 Å². The maximum Gasteiger partial charge on any atom is 0.251 e. The Morgan fingerprint density at radius 2 is 2.05 bits per heavy atom. The summed E-state index contributed by atoms with van der Waals surface area (Å²) in [5.74, 6) is 0.877. The molecule has 0 heterocycles. The van der Waals surface area contributed by atoms with Gasteiger partial charge in [-0.05, 0) is 49.9 Å². The van der Waals surface area contributed by atoms with E-state index in [1.165, 1.54) is 25.7 Å². The minimum Gasteiger partial charge on any atom is -0.385 e. The Kier molecular flexibility index (Phi) is 5.45. The van der Waals surface area contributed by atoms with Gasteiger partial charge in [0.25, 0.3) is 5.91 Å². The van der Waals surface area contributed by atoms with Crippen LogP contribution in [-0.4, -0.2) is 19.0 Å². The normalized spacial score (nSPS) is 15.3. The van der Waals surface area contributed by atoms with Crippen molar-refractivity contribution in [1.29, 1.82) is 0 Å². The molecule has 0 spiro atoms. The third-order valence-electron chi connectivity index (χ3n) is 4.17. The standard InChI is InChI=1S/C17H26N2O/c1-3-18-16-9-8-15(12-13(16)2)17(20)19-11-10-14-6-4-5-7-14/h8-9,12,14,18H,3-7,10-11H2,1-2H3,(H,19,20). The fraction of sp³-hybridized carbons (Fsp3) is 0.588. The molecule has 1 aromatic carbocycles. The predicted molar refractivity (Wildman–Crippen MR) is 84.3 cm³/mol. The highest BCUT2D eigenvalue weighted by Gasteiger charge is 2.15. The molecule has 0 bridgehead atoms. The summed E-state index contributed by atoms with van der Waals surface area (Å²) in [6.07, 6.45) is 6.53. The highest BCUT2D eigenvalue weighted by atomic mass is 16.1. The van der Waals surface area contributed by atoms with Gasteiger partial charge in [0.1, 0.15) is 0 Å². The lowest BCUT2D eigenvalue weighted by molar-refractivity contribution is 0.0951. The van der Waals surface area contributed by atoms with Gasteiger partial charge in [-0.2, -0.15) is 0 Å². The van der Waals surface area contributed by atoms with Gasteiger partial charge in [0.15, 0.2) is 0 Å². The molecule has 0 aliphatic heterocycles. The topological polar surface area (TPSA) is 41.1 Å². The van der Waals surface area contributed by atoms with Gasteiger partial charge < -0.3 is 10.6 Å². The van der Waals surface area contributed by atoms with E-state index in [9.17, 15) is 4.79 Å². The molecule has 1 aliphatic carbocycles. The van der Waals surface area contributed by atoms with Crippen molar-refractivity contribution in [3.05, 3.63) is 29.3 Å². The van der Waals surface area contributed by atoms with Crippen molar-refractivity contribution in [2.45, 2.75) is 46.0 Å². The first kappa shape index (κ1) is 14.9. The maximum absolute atomic E-state index is 12.1. The largest absolute Gasteiger partial charge is 0.385 e. The average Bonchev–Trinajstić information content (AvgIpc) is 2.94. The Balaban J connectivity index is 1.83. The van der Waals surface area contributed by atoms with E-state index in [0.29, 0.717) is 0 Å². The molecule has 20 heavy (non-hydrogen) atoms. The molecule has 0 unspecified atom stereocenters. The molecule has 2 rings (SSSR count). The number of carbonyl (C=O) groups excluding carboxylic acids is 1. The fourth-order valence-corrected chi connectivity index (χ4v) is 2.98. The molecule has 0 saturated heterocycles. The van der Waals surface area contributed by atoms with Crippen LogP contribution < -0.4 is 10.6 Å². The second kappa shape index (κ2) is 7.32. The van der Waals surface area contributed by atoms with E-state index >= 15 is 0 Å². The van der Waals surface area contributed by atoms with Crippen molar-refractivity contribution in [2.75, 3.05) is 18.4 Å². The minimum absolute atomic E-state index is 0.0501. The Morgan fingerprint density at radius 1 is 1.30 bits per heavy atom. The van der Waals surface area contributed by atoms with Crippen LogP contribution in [0.4, 0.5) is 5.69 Å². The summed E-state index contributed by atoms with van der Waals surface area (Å²) >= 11 is 0. The zero-order valence-electron chi connectivity index (χ0n) is 12.7. The highest BCUT2D eigenvalue weighted by molar-refractivity contribution is 5.94. The van der Waals surface area contributed by atoms with Gasteiger partial charge in [0, 0.05) is 24.3 Å². The smallest absolute Gasteiger partial charge is 0.251 e. The fourth-order valence-electron chi connectivity index (χ4n) is 2.98. The van der Waals surface area contributed by atoms with Crippen molar-refractivity contribution < 1.29 is 4.79 Å². The highest BCUT2D eigenvalue weighted by Crippen LogP contribution is 2.26. The van der Waals surface area contributed by atoms with Gasteiger partial charge in [-0.15, -0.1) is 0 Å². The molecule has 0 atom stereocenters. The third kappa shape index (κ3) is 3.99. The number of hydrogen-bond donors (Lipinski definition) is 2. The Hall–Kier alpha value is -1.51. The average molecular weight is 274 g/mol. The molecule has 1 aliphatic rings. The summed E-state index contributed by atoms with van der Waals surface area (Å²) < 4.78 is 0. The van der Waals surface area contributed by atoms with E-state index in [0.717, 1.165) is 42.2 Å². The molecule has 1 amide bonds. The van der Waals surface area contributed by atoms with Gasteiger partial charge >= 0.3 is 0 Å². The summed E-state index contributed by atoms with van der Waals surface area (Å²) in [4.78, 5) is 12.1. The zero-order chi connectivity index (χ0) is 14.4. The molecule has 1 aromatic rings. The van der Waals surface area contributed by atoms with Crippen molar-refractivity contribution in [3.8, 4) is 0 Å². The summed E-state index contributed by atoms with van der Waals surface area (Å²) in [6.45, 7) is 5.81. The van der Waals surface area contributed by atoms with Crippen LogP contribution in [0.1, 0.15) is 54.9 Å². The summed E-state index contributed by atoms with van der Waals surface area (Å²) in [6, 6.07) is 5.85. The van der Waals surface area contributed by atoms with Gasteiger partial charge in [-0.3, -0.25) is 4.79 Å². The van der Waals surface area contributed by atoms with Crippen LogP contribution in [0.5, 0.6) is 0 Å². The van der Waals surface area contributed by atoms with Crippen molar-refractivity contribution in [3.63, 3.8) is 0 Å². The van der Waals surface area contributed by atoms with Crippen LogP contribution in [0, 0.1) is 12.8 Å². The Morgan fingerprint density at radius 3 is 2.70 bits per heavy atom. The lowest BCUT2D eigenvalue weighted by Crippen LogP contribution is -2.25. The predicted octanol–water partition coefficient (Wildman–Crippen LogP) is 3.74. The first-order chi connectivity index (χ1) is 9.70. The molecule has 2 N–H and O–H groups in total. The van der Waals surface area contributed by atoms with E-state index < -0.39 is 0 Å². The Bertz CT molecular complexity index is 450. The van der Waals surface area contributed by atoms with Crippen LogP contribution >= 0.6 is 0 Å². The van der Waals surface area contributed by atoms with Crippen LogP contribution in [0.15, 0.2) is 18.2 Å². The molecule has 3 nitrogen and oxygen atoms in total. The molecule has 110 valence electrons. The number of nitrogens with one attached hydrogen (secondary N) is 2. The first-order valence-electron chi connectivity index (χ1n) is 7.83. The number of anilines is 1. The number of aryl methyl sites for hydroxylation is 1. The van der Waals surface area contributed by atoms with Crippen molar-refractivity contribution in [2.24, 2.45) is 5.92 Å². The molecule has 3 heteroatoms. The molecule has 1 fully saturated rings. The van der Waals surface area contributed by atoms with Crippen LogP contribution in [0.25, 0.3) is 0 Å². The second-order valence-electron chi connectivity index (χ2n) is 5.76. The molecule has 0 radical (unpaired) electrons. The molecule has 1 saturated carbocycles. The number of benzene rings is 1. The van der Waals surface area contributed by atoms with E-state index in [1.54, 1.807) is 0 Å². The monoisotopic (exact) mass is 274 g/mol. The second-order valence-corrected chi connectivity index (χ2v) is 5.76. The third-order valence-corrected chi connectivity index (χ3v) is 4.17.